The van der Waals surface area contributed by atoms with Gasteiger partial charge in [-0.15, -0.1) is 0 Å². The van der Waals surface area contributed by atoms with E-state index in [1.165, 1.54) is 0 Å². The molecule has 0 aromatic carbocycles. The zero-order valence-electron chi connectivity index (χ0n) is 23.0. The highest BCUT2D eigenvalue weighted by Gasteiger charge is 2.90. The van der Waals surface area contributed by atoms with E-state index in [0.29, 0.717) is 25.3 Å². The minimum atomic E-state index is -1.49. The van der Waals surface area contributed by atoms with Crippen LogP contribution in [0.5, 0.6) is 0 Å². The van der Waals surface area contributed by atoms with Crippen LogP contribution in [-0.2, 0) is 33.4 Å². The van der Waals surface area contributed by atoms with Crippen molar-refractivity contribution in [3.8, 4) is 0 Å². The predicted octanol–water partition coefficient (Wildman–Crippen LogP) is 1.80. The Hall–Kier alpha value is -1.94. The first-order chi connectivity index (χ1) is 18.4. The molecule has 4 spiro atoms. The summed E-state index contributed by atoms with van der Waals surface area (Å²) in [7, 11) is 0. The molecule has 5 aliphatic heterocycles. The number of esters is 1. The van der Waals surface area contributed by atoms with E-state index >= 15 is 4.79 Å². The number of aliphatic hydroxyl groups is 1. The van der Waals surface area contributed by atoms with Crippen LogP contribution in [0.3, 0.4) is 0 Å². The highest BCUT2D eigenvalue weighted by molar-refractivity contribution is 6.08. The molecule has 4 bridgehead atoms. The lowest BCUT2D eigenvalue weighted by Gasteiger charge is -2.70. The number of carbonyl (C=O) groups excluding carboxylic acids is 4. The highest BCUT2D eigenvalue weighted by atomic mass is 16.6. The fourth-order valence-electron chi connectivity index (χ4n) is 11.4. The fourth-order valence-corrected chi connectivity index (χ4v) is 11.4. The third-order valence-electron chi connectivity index (χ3n) is 12.8. The minimum absolute atomic E-state index is 0.00000299. The number of nitrogens with zero attached hydrogens (tertiary/aromatic N) is 1. The summed E-state index contributed by atoms with van der Waals surface area (Å²) in [5.41, 5.74) is -5.04. The minimum Gasteiger partial charge on any atom is -0.465 e. The number of allylic oxidation sites excluding steroid dienone is 2. The smallest absolute Gasteiger partial charge is 0.306 e. The van der Waals surface area contributed by atoms with Crippen LogP contribution in [0.25, 0.3) is 0 Å². The number of aliphatic hydroxyl groups excluding tert-OH is 1. The van der Waals surface area contributed by atoms with Crippen molar-refractivity contribution in [3.63, 3.8) is 0 Å². The summed E-state index contributed by atoms with van der Waals surface area (Å²) < 4.78 is 19.2. The molecule has 0 aromatic rings. The molecule has 39 heavy (non-hydrogen) atoms. The Morgan fingerprint density at radius 1 is 1.10 bits per heavy atom. The summed E-state index contributed by atoms with van der Waals surface area (Å²) in [5.74, 6) is -2.92. The van der Waals surface area contributed by atoms with Gasteiger partial charge in [0.1, 0.15) is 5.78 Å². The van der Waals surface area contributed by atoms with Gasteiger partial charge in [0.05, 0.1) is 37.3 Å². The fraction of sp³-hybridized carbons (Fsp3) is 0.800. The third kappa shape index (κ3) is 2.36. The molecule has 9 nitrogen and oxygen atoms in total. The molecule has 5 saturated heterocycles. The molecule has 0 amide bonds. The molecule has 0 unspecified atom stereocenters. The standard InChI is InChI=1S/C30H37NO8/c1-14-6-18-22(19(32)7-14)16(3)23(35)24-27(10-21(34)37-12-27)26(4)9-20(33)29-8-15(2)5-17(39-29)11-31(29)30(26)25(36)28(18,24)13-38-30/h7,15-18,20,22,24,33H,5-6,8-13H2,1-4H3/t15-,16+,17+,18+,20-,22-,24+,26-,27+,28-,29+,30+/m0/s1. The zero-order valence-corrected chi connectivity index (χ0v) is 23.0. The van der Waals surface area contributed by atoms with Gasteiger partial charge >= 0.3 is 5.97 Å². The van der Waals surface area contributed by atoms with Gasteiger partial charge in [0.25, 0.3) is 0 Å². The molecular weight excluding hydrogens is 502 g/mol. The largest absolute Gasteiger partial charge is 0.465 e. The van der Waals surface area contributed by atoms with Crippen LogP contribution >= 0.6 is 0 Å². The van der Waals surface area contributed by atoms with E-state index in [1.807, 2.05) is 18.7 Å². The average Bonchev–Trinajstić information content (AvgIpc) is 3.47. The number of piperidine rings is 1. The quantitative estimate of drug-likeness (QED) is 0.460. The van der Waals surface area contributed by atoms with Crippen LogP contribution in [-0.4, -0.2) is 76.7 Å². The highest BCUT2D eigenvalue weighted by Crippen LogP contribution is 2.78. The summed E-state index contributed by atoms with van der Waals surface area (Å²) in [6.07, 6.45) is 2.63. The van der Waals surface area contributed by atoms with Crippen molar-refractivity contribution in [1.29, 1.82) is 0 Å². The molecule has 2 saturated carbocycles. The van der Waals surface area contributed by atoms with E-state index < -0.39 is 63.4 Å². The summed E-state index contributed by atoms with van der Waals surface area (Å²) in [4.78, 5) is 58.4. The number of hydrogen-bond acceptors (Lipinski definition) is 9. The number of carbonyl (C=O) groups is 4. The molecule has 210 valence electrons. The van der Waals surface area contributed by atoms with E-state index in [1.54, 1.807) is 13.0 Å². The molecule has 5 heterocycles. The lowest BCUT2D eigenvalue weighted by Crippen LogP contribution is -2.84. The zero-order chi connectivity index (χ0) is 27.5. The number of fused-ring (bicyclic) bond motifs is 4. The molecule has 0 radical (unpaired) electrons. The Balaban J connectivity index is 1.42. The average molecular weight is 540 g/mol. The number of rotatable bonds is 0. The van der Waals surface area contributed by atoms with Crippen LogP contribution in [0.2, 0.25) is 0 Å². The van der Waals surface area contributed by atoms with Crippen LogP contribution in [0.1, 0.15) is 59.8 Å². The van der Waals surface area contributed by atoms with E-state index in [9.17, 15) is 19.5 Å². The van der Waals surface area contributed by atoms with Crippen molar-refractivity contribution in [2.45, 2.75) is 83.5 Å². The van der Waals surface area contributed by atoms with Crippen LogP contribution in [0.4, 0.5) is 0 Å². The first kappa shape index (κ1) is 24.8. The van der Waals surface area contributed by atoms with Gasteiger partial charge in [-0.2, -0.15) is 0 Å². The number of hydrogen-bond donors (Lipinski definition) is 1. The second-order valence-corrected chi connectivity index (χ2v) is 14.4. The van der Waals surface area contributed by atoms with E-state index in [2.05, 4.69) is 6.92 Å². The molecule has 3 aliphatic carbocycles. The van der Waals surface area contributed by atoms with E-state index in [0.717, 1.165) is 12.0 Å². The topological polar surface area (TPSA) is 119 Å². The van der Waals surface area contributed by atoms with Crippen molar-refractivity contribution in [1.82, 2.24) is 4.90 Å². The lowest BCUT2D eigenvalue weighted by molar-refractivity contribution is -0.341. The van der Waals surface area contributed by atoms with E-state index in [-0.39, 0.29) is 49.5 Å². The van der Waals surface area contributed by atoms with Gasteiger partial charge in [0, 0.05) is 35.1 Å². The normalized spacial score (nSPS) is 57.6. The van der Waals surface area contributed by atoms with Gasteiger partial charge < -0.3 is 19.3 Å². The SMILES string of the molecule is CC1=CC(=O)[C@@H]2[C@@H](C1)[C@]13CO[C@@]4(C1=O)N1C[C@H]5C[C@H](C)C[C@@]1(O5)[C@@H](O)C[C@@]4(C)[C@]1(COC(=O)C1)[C@H]3C(=O)[C@@H]2C. The summed E-state index contributed by atoms with van der Waals surface area (Å²) in [6, 6.07) is 0. The monoisotopic (exact) mass is 539 g/mol. The maximum atomic E-state index is 15.5. The lowest BCUT2D eigenvalue weighted by atomic mass is 9.34. The summed E-state index contributed by atoms with van der Waals surface area (Å²) >= 11 is 0. The number of ketones is 3. The molecule has 0 aromatic heterocycles. The molecule has 8 aliphatic rings. The Bertz CT molecular complexity index is 1290. The first-order valence-corrected chi connectivity index (χ1v) is 14.6. The molecule has 12 atom stereocenters. The molecule has 1 N–H and O–H groups in total. The summed E-state index contributed by atoms with van der Waals surface area (Å²) in [6.45, 7) is 8.25. The number of ether oxygens (including phenoxy) is 3. The van der Waals surface area contributed by atoms with Crippen LogP contribution < -0.4 is 0 Å². The molecule has 9 heteroatoms. The van der Waals surface area contributed by atoms with E-state index in [4.69, 9.17) is 14.2 Å². The van der Waals surface area contributed by atoms with Gasteiger partial charge in [-0.3, -0.25) is 19.2 Å². The maximum absolute atomic E-state index is 15.5. The molecular formula is C30H37NO8. The Morgan fingerprint density at radius 2 is 1.87 bits per heavy atom. The van der Waals surface area contributed by atoms with Crippen molar-refractivity contribution in [3.05, 3.63) is 11.6 Å². The second kappa shape index (κ2) is 7.09. The Morgan fingerprint density at radius 3 is 2.59 bits per heavy atom. The van der Waals surface area contributed by atoms with Crippen molar-refractivity contribution >= 4 is 23.3 Å². The predicted molar refractivity (Wildman–Crippen MR) is 134 cm³/mol. The van der Waals surface area contributed by atoms with Crippen molar-refractivity contribution in [2.24, 2.45) is 45.8 Å². The van der Waals surface area contributed by atoms with Crippen molar-refractivity contribution < 1.29 is 38.5 Å². The molecule has 7 fully saturated rings. The van der Waals surface area contributed by atoms with Gasteiger partial charge in [0.15, 0.2) is 23.0 Å². The number of Topliss-reactive ketones (excluding diaryl/α,β-unsaturated/α-hetero) is 2. The second-order valence-electron chi connectivity index (χ2n) is 14.4. The van der Waals surface area contributed by atoms with Crippen LogP contribution in [0, 0.1) is 45.8 Å². The summed E-state index contributed by atoms with van der Waals surface area (Å²) in [5, 5.41) is 11.9. The van der Waals surface area contributed by atoms with Gasteiger partial charge in [-0.25, -0.2) is 4.90 Å². The first-order valence-electron chi connectivity index (χ1n) is 14.6. The third-order valence-corrected chi connectivity index (χ3v) is 12.8. The van der Waals surface area contributed by atoms with Crippen molar-refractivity contribution in [2.75, 3.05) is 19.8 Å². The van der Waals surface area contributed by atoms with Crippen LogP contribution in [0.15, 0.2) is 11.6 Å². The van der Waals surface area contributed by atoms with Gasteiger partial charge in [0.2, 0.25) is 0 Å². The Kier molecular flexibility index (Phi) is 4.51. The van der Waals surface area contributed by atoms with Gasteiger partial charge in [-0.1, -0.05) is 26.3 Å². The number of cyclic esters (lactones) is 1. The van der Waals surface area contributed by atoms with Gasteiger partial charge in [-0.05, 0) is 50.5 Å². The molecule has 8 rings (SSSR count). The Labute approximate surface area is 227 Å². The maximum Gasteiger partial charge on any atom is 0.306 e.